The van der Waals surface area contributed by atoms with Gasteiger partial charge < -0.3 is 15.2 Å². The molecule has 25 heavy (non-hydrogen) atoms. The van der Waals surface area contributed by atoms with Crippen molar-refractivity contribution in [1.82, 2.24) is 0 Å². The molecule has 1 aromatic carbocycles. The van der Waals surface area contributed by atoms with E-state index >= 15 is 0 Å². The van der Waals surface area contributed by atoms with Crippen LogP contribution >= 0.6 is 0 Å². The summed E-state index contributed by atoms with van der Waals surface area (Å²) in [4.78, 5) is 0. The fourth-order valence-corrected chi connectivity index (χ4v) is 2.94. The Bertz CT molecular complexity index is 449. The van der Waals surface area contributed by atoms with Crippen LogP contribution in [0.1, 0.15) is 70.8 Å². The number of hydrogen-bond acceptors (Lipinski definition) is 3. The second-order valence-corrected chi connectivity index (χ2v) is 6.76. The number of aryl methyl sites for hydroxylation is 1. The van der Waals surface area contributed by atoms with Gasteiger partial charge >= 0.3 is 0 Å². The first kappa shape index (κ1) is 21.5. The molecule has 4 heteroatoms. The van der Waals surface area contributed by atoms with E-state index in [0.717, 1.165) is 5.75 Å². The fraction of sp³-hybridized carbons (Fsp3) is 0.667. The predicted molar refractivity (Wildman–Crippen MR) is 106 cm³/mol. The number of amidine groups is 1. The lowest BCUT2D eigenvalue weighted by molar-refractivity contribution is 0.0129. The van der Waals surface area contributed by atoms with Gasteiger partial charge in [0.1, 0.15) is 12.4 Å². The molecule has 0 spiro atoms. The van der Waals surface area contributed by atoms with Crippen LogP contribution in [-0.4, -0.2) is 25.2 Å². The van der Waals surface area contributed by atoms with Gasteiger partial charge in [0.15, 0.2) is 0 Å². The number of hydrogen-bond donors (Lipinski definition) is 2. The van der Waals surface area contributed by atoms with E-state index in [4.69, 9.17) is 20.6 Å². The Morgan fingerprint density at radius 2 is 1.72 bits per heavy atom. The Labute approximate surface area is 153 Å². The molecule has 0 radical (unpaired) electrons. The molecule has 1 aliphatic carbocycles. The minimum atomic E-state index is 0.167. The minimum absolute atomic E-state index is 0.167. The quantitative estimate of drug-likeness (QED) is 0.371. The maximum atomic E-state index is 6.28. The molecule has 1 fully saturated rings. The fourth-order valence-electron chi connectivity index (χ4n) is 2.94. The van der Waals surface area contributed by atoms with Crippen LogP contribution < -0.4 is 10.5 Å². The largest absolute Gasteiger partial charge is 0.491 e. The molecule has 0 aliphatic heterocycles. The van der Waals surface area contributed by atoms with Gasteiger partial charge in [-0.25, -0.2) is 0 Å². The van der Waals surface area contributed by atoms with Crippen LogP contribution in [0, 0.1) is 5.41 Å². The first-order valence-corrected chi connectivity index (χ1v) is 9.75. The van der Waals surface area contributed by atoms with Gasteiger partial charge in [0.2, 0.25) is 0 Å². The third-order valence-electron chi connectivity index (χ3n) is 4.25. The zero-order chi connectivity index (χ0) is 18.3. The molecule has 0 aromatic heterocycles. The minimum Gasteiger partial charge on any atom is -0.491 e. The van der Waals surface area contributed by atoms with Gasteiger partial charge in [0, 0.05) is 0 Å². The summed E-state index contributed by atoms with van der Waals surface area (Å²) in [7, 11) is 0. The Balaban J connectivity index is 0.000000705. The van der Waals surface area contributed by atoms with E-state index in [0.29, 0.717) is 19.3 Å². The zero-order valence-electron chi connectivity index (χ0n) is 16.1. The lowest BCUT2D eigenvalue weighted by Crippen LogP contribution is -2.19. The van der Waals surface area contributed by atoms with Gasteiger partial charge in [0.05, 0.1) is 18.5 Å². The summed E-state index contributed by atoms with van der Waals surface area (Å²) < 4.78 is 11.6. The second kappa shape index (κ2) is 13.7. The predicted octanol–water partition coefficient (Wildman–Crippen LogP) is 5.09. The Hall–Kier alpha value is -1.55. The molecule has 1 saturated carbocycles. The third-order valence-corrected chi connectivity index (χ3v) is 4.25. The van der Waals surface area contributed by atoms with Crippen LogP contribution in [0.25, 0.3) is 0 Å². The van der Waals surface area contributed by atoms with E-state index in [1.54, 1.807) is 0 Å². The van der Waals surface area contributed by atoms with Crippen molar-refractivity contribution in [2.75, 3.05) is 13.2 Å². The van der Waals surface area contributed by atoms with Gasteiger partial charge in [-0.05, 0) is 50.3 Å². The molecule has 0 amide bonds. The molecular formula is C21H36N2O2. The van der Waals surface area contributed by atoms with Gasteiger partial charge in [0.25, 0.3) is 0 Å². The van der Waals surface area contributed by atoms with Crippen LogP contribution in [0.3, 0.4) is 0 Å². The number of nitrogens with two attached hydrogens (primary N) is 1. The maximum absolute atomic E-state index is 6.28. The summed E-state index contributed by atoms with van der Waals surface area (Å²) in [5.41, 5.74) is 6.11. The van der Waals surface area contributed by atoms with E-state index in [1.165, 1.54) is 70.3 Å². The van der Waals surface area contributed by atoms with Crippen molar-refractivity contribution >= 4 is 5.84 Å². The van der Waals surface area contributed by atoms with Gasteiger partial charge in [-0.15, -0.1) is 0 Å². The molecule has 142 valence electrons. The molecule has 0 saturated heterocycles. The summed E-state index contributed by atoms with van der Waals surface area (Å²) >= 11 is 0. The smallest absolute Gasteiger partial charge is 0.119 e. The van der Waals surface area contributed by atoms with Gasteiger partial charge in [-0.1, -0.05) is 51.2 Å². The lowest BCUT2D eigenvalue weighted by atomic mass is 9.98. The van der Waals surface area contributed by atoms with Crippen LogP contribution in [0.5, 0.6) is 5.75 Å². The van der Waals surface area contributed by atoms with Crippen LogP contribution in [0.4, 0.5) is 0 Å². The molecule has 1 aromatic rings. The first-order valence-electron chi connectivity index (χ1n) is 9.75. The lowest BCUT2D eigenvalue weighted by Gasteiger charge is -2.21. The highest BCUT2D eigenvalue weighted by atomic mass is 16.5. The Morgan fingerprint density at radius 3 is 2.32 bits per heavy atom. The number of benzene rings is 1. The second-order valence-electron chi connectivity index (χ2n) is 6.76. The van der Waals surface area contributed by atoms with Crippen molar-refractivity contribution in [3.63, 3.8) is 0 Å². The molecule has 3 N–H and O–H groups in total. The molecule has 1 aliphatic rings. The summed E-state index contributed by atoms with van der Waals surface area (Å²) in [6.45, 7) is 5.14. The molecule has 0 unspecified atom stereocenters. The normalized spacial score (nSPS) is 14.5. The summed E-state index contributed by atoms with van der Waals surface area (Å²) in [5.74, 6) is 1.13. The van der Waals surface area contributed by atoms with Crippen molar-refractivity contribution in [2.45, 2.75) is 77.7 Å². The summed E-state index contributed by atoms with van der Waals surface area (Å²) in [5, 5.41) is 6.28. The summed E-state index contributed by atoms with van der Waals surface area (Å²) in [6.07, 6.45) is 12.0. The molecule has 0 atom stereocenters. The van der Waals surface area contributed by atoms with E-state index in [1.807, 2.05) is 0 Å². The highest BCUT2D eigenvalue weighted by molar-refractivity contribution is 5.73. The molecule has 2 rings (SSSR count). The van der Waals surface area contributed by atoms with E-state index in [-0.39, 0.29) is 5.84 Å². The molecular weight excluding hydrogens is 312 g/mol. The monoisotopic (exact) mass is 348 g/mol. The van der Waals surface area contributed by atoms with E-state index in [9.17, 15) is 0 Å². The van der Waals surface area contributed by atoms with Crippen molar-refractivity contribution in [3.05, 3.63) is 29.8 Å². The van der Waals surface area contributed by atoms with Gasteiger partial charge in [-0.2, -0.15) is 0 Å². The van der Waals surface area contributed by atoms with Crippen molar-refractivity contribution in [1.29, 1.82) is 5.41 Å². The highest BCUT2D eigenvalue weighted by Crippen LogP contribution is 2.20. The molecule has 0 bridgehead atoms. The highest BCUT2D eigenvalue weighted by Gasteiger charge is 2.13. The standard InChI is InChI=1S/C19H30O2.C2H6N2/c1-2-3-5-8-17-11-13-19(14-12-17)21-16-15-20-18-9-6-4-7-10-18;1-2(3)4/h11-14,18H,2-10,15-16H2,1H3;1H3,(H3,3,4). The summed E-state index contributed by atoms with van der Waals surface area (Å²) in [6, 6.07) is 8.55. The van der Waals surface area contributed by atoms with Gasteiger partial charge in [-0.3, -0.25) is 5.41 Å². The van der Waals surface area contributed by atoms with Crippen LogP contribution in [-0.2, 0) is 11.2 Å². The number of ether oxygens (including phenoxy) is 2. The van der Waals surface area contributed by atoms with Crippen molar-refractivity contribution in [3.8, 4) is 5.75 Å². The van der Waals surface area contributed by atoms with Crippen molar-refractivity contribution < 1.29 is 9.47 Å². The number of rotatable bonds is 9. The van der Waals surface area contributed by atoms with Crippen LogP contribution in [0.2, 0.25) is 0 Å². The van der Waals surface area contributed by atoms with E-state index in [2.05, 4.69) is 31.2 Å². The SMILES string of the molecule is CC(=N)N.CCCCCc1ccc(OCCOC2CCCCC2)cc1. The Kier molecular flexibility index (Phi) is 11.8. The molecule has 0 heterocycles. The zero-order valence-corrected chi connectivity index (χ0v) is 16.1. The average Bonchev–Trinajstić information content (AvgIpc) is 2.61. The topological polar surface area (TPSA) is 68.3 Å². The van der Waals surface area contributed by atoms with Crippen molar-refractivity contribution in [2.24, 2.45) is 5.73 Å². The number of nitrogens with one attached hydrogen (secondary N) is 1. The first-order chi connectivity index (χ1) is 12.1. The average molecular weight is 349 g/mol. The number of unbranched alkanes of at least 4 members (excludes halogenated alkanes) is 2. The van der Waals surface area contributed by atoms with Crippen LogP contribution in [0.15, 0.2) is 24.3 Å². The third kappa shape index (κ3) is 11.6. The Morgan fingerprint density at radius 1 is 1.08 bits per heavy atom. The van der Waals surface area contributed by atoms with E-state index < -0.39 is 0 Å². The molecule has 4 nitrogen and oxygen atoms in total. The maximum Gasteiger partial charge on any atom is 0.119 e.